The van der Waals surface area contributed by atoms with Crippen molar-refractivity contribution in [2.45, 2.75) is 6.92 Å². The summed E-state index contributed by atoms with van der Waals surface area (Å²) in [6.45, 7) is 2.02. The number of ether oxygens (including phenoxy) is 1. The molecular formula is C17H12N4O. The molecule has 22 heavy (non-hydrogen) atoms. The Morgan fingerprint density at radius 1 is 0.818 bits per heavy atom. The van der Waals surface area contributed by atoms with Crippen molar-refractivity contribution in [3.63, 3.8) is 0 Å². The lowest BCUT2D eigenvalue weighted by molar-refractivity contribution is 0.468. The minimum atomic E-state index is 0.548. The number of benzene rings is 2. The van der Waals surface area contributed by atoms with Gasteiger partial charge in [-0.3, -0.25) is 9.97 Å². The second-order valence-corrected chi connectivity index (χ2v) is 4.96. The average molecular weight is 288 g/mol. The predicted octanol–water partition coefficient (Wildman–Crippen LogP) is 3.67. The number of rotatable bonds is 2. The van der Waals surface area contributed by atoms with Crippen molar-refractivity contribution in [1.29, 1.82) is 0 Å². The van der Waals surface area contributed by atoms with Crippen molar-refractivity contribution in [2.75, 3.05) is 0 Å². The van der Waals surface area contributed by atoms with Crippen LogP contribution in [0.15, 0.2) is 55.1 Å². The van der Waals surface area contributed by atoms with Gasteiger partial charge in [0, 0.05) is 18.5 Å². The fraction of sp³-hybridized carbons (Fsp3) is 0.0588. The number of hydrogen-bond acceptors (Lipinski definition) is 5. The summed E-state index contributed by atoms with van der Waals surface area (Å²) in [6, 6.07) is 11.5. The zero-order valence-electron chi connectivity index (χ0n) is 11.9. The van der Waals surface area contributed by atoms with Gasteiger partial charge in [0.25, 0.3) is 0 Å². The van der Waals surface area contributed by atoms with Gasteiger partial charge in [-0.1, -0.05) is 12.1 Å². The smallest absolute Gasteiger partial charge is 0.230 e. The molecule has 4 aromatic rings. The van der Waals surface area contributed by atoms with Gasteiger partial charge in [0.15, 0.2) is 0 Å². The predicted molar refractivity (Wildman–Crippen MR) is 83.9 cm³/mol. The Morgan fingerprint density at radius 3 is 2.59 bits per heavy atom. The van der Waals surface area contributed by atoms with Crippen LogP contribution in [0.2, 0.25) is 0 Å². The first kappa shape index (κ1) is 12.6. The Morgan fingerprint density at radius 2 is 1.68 bits per heavy atom. The van der Waals surface area contributed by atoms with Gasteiger partial charge in [-0.15, -0.1) is 0 Å². The minimum Gasteiger partial charge on any atom is -0.438 e. The van der Waals surface area contributed by atoms with Gasteiger partial charge in [0.1, 0.15) is 12.1 Å². The van der Waals surface area contributed by atoms with Gasteiger partial charge in [-0.25, -0.2) is 9.97 Å². The van der Waals surface area contributed by atoms with E-state index in [1.54, 1.807) is 12.4 Å². The molecule has 0 aliphatic carbocycles. The first-order valence-corrected chi connectivity index (χ1v) is 6.90. The first-order valence-electron chi connectivity index (χ1n) is 6.90. The molecule has 0 saturated carbocycles. The molecule has 0 radical (unpaired) electrons. The lowest BCUT2D eigenvalue weighted by Crippen LogP contribution is -1.93. The van der Waals surface area contributed by atoms with Crippen LogP contribution in [-0.2, 0) is 0 Å². The highest BCUT2D eigenvalue weighted by Crippen LogP contribution is 2.29. The highest BCUT2D eigenvalue weighted by Gasteiger charge is 2.09. The third-order valence-electron chi connectivity index (χ3n) is 3.49. The lowest BCUT2D eigenvalue weighted by Gasteiger charge is -2.09. The lowest BCUT2D eigenvalue weighted by atomic mass is 10.1. The molecule has 2 heterocycles. The van der Waals surface area contributed by atoms with Crippen LogP contribution in [0.25, 0.3) is 21.9 Å². The van der Waals surface area contributed by atoms with Gasteiger partial charge in [-0.2, -0.15) is 0 Å². The Labute approximate surface area is 126 Å². The van der Waals surface area contributed by atoms with Crippen LogP contribution in [0.3, 0.4) is 0 Å². The van der Waals surface area contributed by atoms with Gasteiger partial charge < -0.3 is 4.74 Å². The molecule has 0 fully saturated rings. The summed E-state index contributed by atoms with van der Waals surface area (Å²) in [7, 11) is 0. The molecular weight excluding hydrogens is 276 g/mol. The molecule has 0 bridgehead atoms. The maximum Gasteiger partial charge on any atom is 0.230 e. The van der Waals surface area contributed by atoms with Gasteiger partial charge in [0.05, 0.1) is 21.9 Å². The van der Waals surface area contributed by atoms with Crippen LogP contribution >= 0.6 is 0 Å². The summed E-state index contributed by atoms with van der Waals surface area (Å²) < 4.78 is 5.96. The number of aryl methyl sites for hydroxylation is 1. The molecule has 5 nitrogen and oxygen atoms in total. The minimum absolute atomic E-state index is 0.548. The van der Waals surface area contributed by atoms with Crippen molar-refractivity contribution < 1.29 is 4.74 Å². The average Bonchev–Trinajstić information content (AvgIpc) is 2.55. The van der Waals surface area contributed by atoms with Crippen LogP contribution in [0.5, 0.6) is 11.6 Å². The first-order chi connectivity index (χ1) is 10.8. The molecule has 106 valence electrons. The summed E-state index contributed by atoms with van der Waals surface area (Å²) in [6.07, 6.45) is 4.85. The third kappa shape index (κ3) is 2.13. The molecule has 5 heteroatoms. The summed E-state index contributed by atoms with van der Waals surface area (Å²) in [4.78, 5) is 17.1. The molecule has 2 aromatic carbocycles. The fourth-order valence-corrected chi connectivity index (χ4v) is 2.44. The van der Waals surface area contributed by atoms with E-state index in [1.165, 1.54) is 6.33 Å². The van der Waals surface area contributed by atoms with Gasteiger partial charge in [-0.05, 0) is 30.7 Å². The standard InChI is InChI=1S/C17H12N4O/c1-11-3-2-4-14-16(11)17(21-10-20-14)22-12-5-6-13-15(9-12)19-8-7-18-13/h2-10H,1H3. The van der Waals surface area contributed by atoms with E-state index in [-0.39, 0.29) is 0 Å². The quantitative estimate of drug-likeness (QED) is 0.563. The molecule has 0 amide bonds. The molecule has 0 unspecified atom stereocenters. The van der Waals surface area contributed by atoms with E-state index >= 15 is 0 Å². The normalized spacial score (nSPS) is 11.0. The van der Waals surface area contributed by atoms with E-state index in [1.807, 2.05) is 43.3 Å². The van der Waals surface area contributed by atoms with Crippen LogP contribution in [0.1, 0.15) is 5.56 Å². The molecule has 0 aliphatic rings. The third-order valence-corrected chi connectivity index (χ3v) is 3.49. The summed E-state index contributed by atoms with van der Waals surface area (Å²) in [5.74, 6) is 1.22. The van der Waals surface area contributed by atoms with Gasteiger partial charge >= 0.3 is 0 Å². The van der Waals surface area contributed by atoms with E-state index < -0.39 is 0 Å². The summed E-state index contributed by atoms with van der Waals surface area (Å²) >= 11 is 0. The molecule has 0 saturated heterocycles. The Bertz CT molecular complexity index is 979. The molecule has 0 spiro atoms. The Balaban J connectivity index is 1.82. The number of nitrogens with zero attached hydrogens (tertiary/aromatic N) is 4. The molecule has 4 rings (SSSR count). The molecule has 0 atom stereocenters. The second-order valence-electron chi connectivity index (χ2n) is 4.96. The van der Waals surface area contributed by atoms with Crippen LogP contribution in [-0.4, -0.2) is 19.9 Å². The Hall–Kier alpha value is -3.08. The van der Waals surface area contributed by atoms with Gasteiger partial charge in [0.2, 0.25) is 5.88 Å². The highest BCUT2D eigenvalue weighted by atomic mass is 16.5. The van der Waals surface area contributed by atoms with E-state index in [0.29, 0.717) is 11.6 Å². The van der Waals surface area contributed by atoms with E-state index in [0.717, 1.165) is 27.5 Å². The second kappa shape index (κ2) is 5.04. The van der Waals surface area contributed by atoms with Crippen molar-refractivity contribution >= 4 is 21.9 Å². The largest absolute Gasteiger partial charge is 0.438 e. The fourth-order valence-electron chi connectivity index (χ4n) is 2.44. The Kier molecular flexibility index (Phi) is 2.89. The SMILES string of the molecule is Cc1cccc2ncnc(Oc3ccc4nccnc4c3)c12. The highest BCUT2D eigenvalue weighted by molar-refractivity contribution is 5.86. The van der Waals surface area contributed by atoms with Crippen molar-refractivity contribution in [2.24, 2.45) is 0 Å². The van der Waals surface area contributed by atoms with Crippen LogP contribution < -0.4 is 4.74 Å². The van der Waals surface area contributed by atoms with E-state index in [4.69, 9.17) is 4.74 Å². The summed E-state index contributed by atoms with van der Waals surface area (Å²) in [5, 5.41) is 0.921. The number of hydrogen-bond donors (Lipinski definition) is 0. The van der Waals surface area contributed by atoms with Crippen molar-refractivity contribution in [3.8, 4) is 11.6 Å². The van der Waals surface area contributed by atoms with E-state index in [2.05, 4.69) is 19.9 Å². The molecule has 2 aromatic heterocycles. The molecule has 0 aliphatic heterocycles. The number of aromatic nitrogens is 4. The molecule has 0 N–H and O–H groups in total. The topological polar surface area (TPSA) is 60.8 Å². The van der Waals surface area contributed by atoms with E-state index in [9.17, 15) is 0 Å². The summed E-state index contributed by atoms with van der Waals surface area (Å²) in [5.41, 5.74) is 3.56. The van der Waals surface area contributed by atoms with Crippen LogP contribution in [0, 0.1) is 6.92 Å². The number of fused-ring (bicyclic) bond motifs is 2. The zero-order chi connectivity index (χ0) is 14.9. The zero-order valence-corrected chi connectivity index (χ0v) is 11.9. The van der Waals surface area contributed by atoms with Crippen LogP contribution in [0.4, 0.5) is 0 Å². The van der Waals surface area contributed by atoms with Crippen molar-refractivity contribution in [1.82, 2.24) is 19.9 Å². The maximum atomic E-state index is 5.96. The maximum absolute atomic E-state index is 5.96. The van der Waals surface area contributed by atoms with Crippen molar-refractivity contribution in [3.05, 3.63) is 60.7 Å². The monoisotopic (exact) mass is 288 g/mol.